The van der Waals surface area contributed by atoms with Crippen LogP contribution in [0.3, 0.4) is 0 Å². The molecule has 0 aliphatic carbocycles. The normalized spacial score (nSPS) is 18.1. The minimum atomic E-state index is 0.00522. The third-order valence-corrected chi connectivity index (χ3v) is 4.16. The number of nitrogens with one attached hydrogen (secondary N) is 1. The number of nitrogens with zero attached hydrogens (tertiary/aromatic N) is 2. The fourth-order valence-corrected chi connectivity index (χ4v) is 2.75. The number of hydrogen-bond acceptors (Lipinski definition) is 4. The van der Waals surface area contributed by atoms with Crippen LogP contribution < -0.4 is 14.8 Å². The van der Waals surface area contributed by atoms with Crippen molar-refractivity contribution in [3.8, 4) is 11.5 Å². The Morgan fingerprint density at radius 1 is 1.14 bits per heavy atom. The van der Waals surface area contributed by atoms with E-state index in [1.54, 1.807) is 0 Å². The Balaban J connectivity index is 1.51. The van der Waals surface area contributed by atoms with Gasteiger partial charge in [-0.15, -0.1) is 0 Å². The van der Waals surface area contributed by atoms with Crippen molar-refractivity contribution in [3.05, 3.63) is 23.8 Å². The summed E-state index contributed by atoms with van der Waals surface area (Å²) in [5, 5.41) is 2.98. The summed E-state index contributed by atoms with van der Waals surface area (Å²) in [6.07, 6.45) is 0. The SMILES string of the molecule is CCN1CCN(C(=O)NCc2ccc3c(c2)OCCO3)CC1. The second-order valence-corrected chi connectivity index (χ2v) is 5.56. The van der Waals surface area contributed by atoms with E-state index in [-0.39, 0.29) is 6.03 Å². The molecule has 0 bridgehead atoms. The van der Waals surface area contributed by atoms with Crippen LogP contribution in [0.25, 0.3) is 0 Å². The molecule has 0 unspecified atom stereocenters. The lowest BCUT2D eigenvalue weighted by molar-refractivity contribution is 0.142. The van der Waals surface area contributed by atoms with Crippen molar-refractivity contribution >= 4 is 6.03 Å². The molecule has 2 amide bonds. The first-order valence-electron chi connectivity index (χ1n) is 7.90. The summed E-state index contributed by atoms with van der Waals surface area (Å²) >= 11 is 0. The standard InChI is InChI=1S/C16H23N3O3/c1-2-18-5-7-19(8-6-18)16(20)17-12-13-3-4-14-15(11-13)22-10-9-21-14/h3-4,11H,2,5-10,12H2,1H3,(H,17,20). The van der Waals surface area contributed by atoms with Crippen LogP contribution in [-0.2, 0) is 6.54 Å². The topological polar surface area (TPSA) is 54.0 Å². The molecule has 6 heteroatoms. The maximum absolute atomic E-state index is 12.2. The van der Waals surface area contributed by atoms with Gasteiger partial charge in [-0.3, -0.25) is 0 Å². The van der Waals surface area contributed by atoms with Gasteiger partial charge in [-0.25, -0.2) is 4.79 Å². The van der Waals surface area contributed by atoms with E-state index in [0.717, 1.165) is 49.8 Å². The highest BCUT2D eigenvalue weighted by Crippen LogP contribution is 2.30. The molecule has 6 nitrogen and oxygen atoms in total. The zero-order valence-corrected chi connectivity index (χ0v) is 13.0. The molecular formula is C16H23N3O3. The summed E-state index contributed by atoms with van der Waals surface area (Å²) in [6.45, 7) is 8.36. The number of carbonyl (C=O) groups is 1. The second kappa shape index (κ2) is 6.87. The highest BCUT2D eigenvalue weighted by Gasteiger charge is 2.20. The fourth-order valence-electron chi connectivity index (χ4n) is 2.75. The average Bonchev–Trinajstić information content (AvgIpc) is 2.59. The fraction of sp³-hybridized carbons (Fsp3) is 0.562. The van der Waals surface area contributed by atoms with Crippen LogP contribution in [0, 0.1) is 0 Å². The van der Waals surface area contributed by atoms with Gasteiger partial charge in [-0.1, -0.05) is 13.0 Å². The molecule has 2 heterocycles. The van der Waals surface area contributed by atoms with E-state index in [0.29, 0.717) is 19.8 Å². The molecule has 0 radical (unpaired) electrons. The number of carbonyl (C=O) groups excluding carboxylic acids is 1. The van der Waals surface area contributed by atoms with Crippen LogP contribution in [0.4, 0.5) is 4.79 Å². The van der Waals surface area contributed by atoms with Crippen molar-refractivity contribution in [1.82, 2.24) is 15.1 Å². The number of fused-ring (bicyclic) bond motifs is 1. The molecule has 2 aliphatic rings. The molecule has 0 atom stereocenters. The first kappa shape index (κ1) is 15.0. The Morgan fingerprint density at radius 2 is 1.86 bits per heavy atom. The lowest BCUT2D eigenvalue weighted by Gasteiger charge is -2.34. The first-order chi connectivity index (χ1) is 10.8. The number of likely N-dealkylation sites (N-methyl/N-ethyl adjacent to an activating group) is 1. The lowest BCUT2D eigenvalue weighted by Crippen LogP contribution is -2.51. The van der Waals surface area contributed by atoms with E-state index in [2.05, 4.69) is 17.1 Å². The number of amides is 2. The predicted octanol–water partition coefficient (Wildman–Crippen LogP) is 1.30. The van der Waals surface area contributed by atoms with Gasteiger partial charge in [0.25, 0.3) is 0 Å². The molecule has 1 aromatic carbocycles. The molecule has 1 N–H and O–H groups in total. The van der Waals surface area contributed by atoms with Crippen molar-refractivity contribution in [1.29, 1.82) is 0 Å². The Hall–Kier alpha value is -1.95. The van der Waals surface area contributed by atoms with Gasteiger partial charge < -0.3 is 24.6 Å². The van der Waals surface area contributed by atoms with E-state index in [1.165, 1.54) is 0 Å². The zero-order chi connectivity index (χ0) is 15.4. The molecule has 0 saturated carbocycles. The molecule has 1 saturated heterocycles. The van der Waals surface area contributed by atoms with Crippen LogP contribution >= 0.6 is 0 Å². The van der Waals surface area contributed by atoms with Crippen molar-refractivity contribution in [3.63, 3.8) is 0 Å². The zero-order valence-electron chi connectivity index (χ0n) is 13.0. The molecular weight excluding hydrogens is 282 g/mol. The van der Waals surface area contributed by atoms with Crippen LogP contribution in [-0.4, -0.2) is 61.8 Å². The number of hydrogen-bond donors (Lipinski definition) is 1. The van der Waals surface area contributed by atoms with Crippen LogP contribution in [0.2, 0.25) is 0 Å². The Morgan fingerprint density at radius 3 is 2.59 bits per heavy atom. The molecule has 1 aromatic rings. The van der Waals surface area contributed by atoms with Gasteiger partial charge in [0.2, 0.25) is 0 Å². The maximum atomic E-state index is 12.2. The highest BCUT2D eigenvalue weighted by molar-refractivity contribution is 5.74. The van der Waals surface area contributed by atoms with E-state index < -0.39 is 0 Å². The Kier molecular flexibility index (Phi) is 4.68. The molecule has 1 fully saturated rings. The molecule has 0 spiro atoms. The summed E-state index contributed by atoms with van der Waals surface area (Å²) in [5.41, 5.74) is 1.02. The van der Waals surface area contributed by atoms with E-state index in [1.807, 2.05) is 23.1 Å². The van der Waals surface area contributed by atoms with Crippen molar-refractivity contribution in [2.75, 3.05) is 45.9 Å². The smallest absolute Gasteiger partial charge is 0.317 e. The van der Waals surface area contributed by atoms with Gasteiger partial charge in [0.1, 0.15) is 13.2 Å². The number of urea groups is 1. The monoisotopic (exact) mass is 305 g/mol. The van der Waals surface area contributed by atoms with Crippen molar-refractivity contribution in [2.24, 2.45) is 0 Å². The highest BCUT2D eigenvalue weighted by atomic mass is 16.6. The molecule has 120 valence electrons. The number of piperazine rings is 1. The third kappa shape index (κ3) is 3.44. The van der Waals surface area contributed by atoms with Gasteiger partial charge in [-0.2, -0.15) is 0 Å². The molecule has 22 heavy (non-hydrogen) atoms. The quantitative estimate of drug-likeness (QED) is 0.915. The maximum Gasteiger partial charge on any atom is 0.317 e. The van der Waals surface area contributed by atoms with Gasteiger partial charge in [0, 0.05) is 32.7 Å². The van der Waals surface area contributed by atoms with Crippen LogP contribution in [0.15, 0.2) is 18.2 Å². The summed E-state index contributed by atoms with van der Waals surface area (Å²) in [6, 6.07) is 5.80. The number of rotatable bonds is 3. The van der Waals surface area contributed by atoms with E-state index in [9.17, 15) is 4.79 Å². The first-order valence-corrected chi connectivity index (χ1v) is 7.90. The van der Waals surface area contributed by atoms with Crippen molar-refractivity contribution < 1.29 is 14.3 Å². The van der Waals surface area contributed by atoms with Crippen LogP contribution in [0.1, 0.15) is 12.5 Å². The van der Waals surface area contributed by atoms with Gasteiger partial charge in [0.15, 0.2) is 11.5 Å². The molecule has 2 aliphatic heterocycles. The molecule has 0 aromatic heterocycles. The summed E-state index contributed by atoms with van der Waals surface area (Å²) in [5.74, 6) is 1.53. The predicted molar refractivity (Wildman–Crippen MR) is 83.4 cm³/mol. The van der Waals surface area contributed by atoms with Crippen molar-refractivity contribution in [2.45, 2.75) is 13.5 Å². The summed E-state index contributed by atoms with van der Waals surface area (Å²) in [7, 11) is 0. The molecule has 3 rings (SSSR count). The second-order valence-electron chi connectivity index (χ2n) is 5.56. The Bertz CT molecular complexity index is 527. The van der Waals surface area contributed by atoms with Gasteiger partial charge >= 0.3 is 6.03 Å². The van der Waals surface area contributed by atoms with Gasteiger partial charge in [0.05, 0.1) is 0 Å². The van der Waals surface area contributed by atoms with Crippen LogP contribution in [0.5, 0.6) is 11.5 Å². The summed E-state index contributed by atoms with van der Waals surface area (Å²) < 4.78 is 11.1. The largest absolute Gasteiger partial charge is 0.486 e. The summed E-state index contributed by atoms with van der Waals surface area (Å²) in [4.78, 5) is 16.4. The van der Waals surface area contributed by atoms with E-state index in [4.69, 9.17) is 9.47 Å². The lowest BCUT2D eigenvalue weighted by atomic mass is 10.2. The average molecular weight is 305 g/mol. The third-order valence-electron chi connectivity index (χ3n) is 4.16. The van der Waals surface area contributed by atoms with Gasteiger partial charge in [-0.05, 0) is 24.2 Å². The number of benzene rings is 1. The van der Waals surface area contributed by atoms with E-state index >= 15 is 0 Å². The Labute approximate surface area is 131 Å². The number of ether oxygens (including phenoxy) is 2. The minimum Gasteiger partial charge on any atom is -0.486 e. The minimum absolute atomic E-state index is 0.00522.